The molecular formula is C12H18BrFN2. The van der Waals surface area contributed by atoms with Crippen molar-refractivity contribution in [3.05, 3.63) is 34.1 Å². The summed E-state index contributed by atoms with van der Waals surface area (Å²) in [7, 11) is 1.85. The first-order chi connectivity index (χ1) is 7.60. The van der Waals surface area contributed by atoms with E-state index in [0.29, 0.717) is 18.0 Å². The summed E-state index contributed by atoms with van der Waals surface area (Å²) in [6, 6.07) is 5.02. The predicted molar refractivity (Wildman–Crippen MR) is 68.7 cm³/mol. The van der Waals surface area contributed by atoms with E-state index in [4.69, 9.17) is 5.73 Å². The van der Waals surface area contributed by atoms with Gasteiger partial charge in [-0.05, 0) is 44.1 Å². The minimum absolute atomic E-state index is 0.000972. The number of hydrogen-bond donors (Lipinski definition) is 2. The zero-order valence-electron chi connectivity index (χ0n) is 9.63. The van der Waals surface area contributed by atoms with Gasteiger partial charge in [-0.1, -0.05) is 22.9 Å². The summed E-state index contributed by atoms with van der Waals surface area (Å²) >= 11 is 3.36. The van der Waals surface area contributed by atoms with Crippen molar-refractivity contribution in [2.24, 2.45) is 11.7 Å². The Hall–Kier alpha value is -0.450. The molecule has 0 fully saturated rings. The fourth-order valence-electron chi connectivity index (χ4n) is 1.93. The fourth-order valence-corrected chi connectivity index (χ4v) is 2.31. The number of halogens is 2. The molecule has 2 atom stereocenters. The lowest BCUT2D eigenvalue weighted by Crippen LogP contribution is -2.26. The van der Waals surface area contributed by atoms with Gasteiger partial charge in [-0.2, -0.15) is 0 Å². The maximum absolute atomic E-state index is 13.7. The number of hydrogen-bond acceptors (Lipinski definition) is 2. The summed E-state index contributed by atoms with van der Waals surface area (Å²) < 4.78 is 14.6. The topological polar surface area (TPSA) is 38.0 Å². The quantitative estimate of drug-likeness (QED) is 0.874. The molecule has 0 spiro atoms. The summed E-state index contributed by atoms with van der Waals surface area (Å²) in [4.78, 5) is 0. The van der Waals surface area contributed by atoms with E-state index in [2.05, 4.69) is 28.2 Å². The van der Waals surface area contributed by atoms with Crippen LogP contribution in [-0.4, -0.2) is 13.6 Å². The van der Waals surface area contributed by atoms with Crippen molar-refractivity contribution in [3.63, 3.8) is 0 Å². The summed E-state index contributed by atoms with van der Waals surface area (Å²) in [5.41, 5.74) is 6.23. The summed E-state index contributed by atoms with van der Waals surface area (Å²) in [6.45, 7) is 2.70. The molecule has 1 aromatic carbocycles. The molecule has 4 heteroatoms. The first-order valence-corrected chi connectivity index (χ1v) is 6.21. The summed E-state index contributed by atoms with van der Waals surface area (Å²) in [5.74, 6) is 0.130. The Morgan fingerprint density at radius 2 is 2.19 bits per heavy atom. The highest BCUT2D eigenvalue weighted by Crippen LogP contribution is 2.28. The van der Waals surface area contributed by atoms with Crippen LogP contribution in [0.4, 0.5) is 4.39 Å². The molecule has 0 aliphatic rings. The minimum Gasteiger partial charge on any atom is -0.330 e. The van der Waals surface area contributed by atoms with Crippen molar-refractivity contribution >= 4 is 15.9 Å². The third kappa shape index (κ3) is 3.27. The van der Waals surface area contributed by atoms with E-state index in [9.17, 15) is 4.39 Å². The molecule has 16 heavy (non-hydrogen) atoms. The van der Waals surface area contributed by atoms with Gasteiger partial charge in [0, 0.05) is 16.1 Å². The SMILES string of the molecule is CNC(c1cc(Br)ccc1F)C(C)CCN. The molecule has 0 heterocycles. The molecule has 2 unspecified atom stereocenters. The standard InChI is InChI=1S/C12H18BrFN2/c1-8(5-6-15)12(16-2)10-7-9(13)3-4-11(10)14/h3-4,7-8,12,16H,5-6,15H2,1-2H3. The van der Waals surface area contributed by atoms with Crippen LogP contribution in [0.3, 0.4) is 0 Å². The van der Waals surface area contributed by atoms with E-state index < -0.39 is 0 Å². The third-order valence-corrected chi connectivity index (χ3v) is 3.29. The minimum atomic E-state index is -0.175. The molecule has 0 aromatic heterocycles. The van der Waals surface area contributed by atoms with Gasteiger partial charge in [0.25, 0.3) is 0 Å². The van der Waals surface area contributed by atoms with E-state index in [1.54, 1.807) is 6.07 Å². The molecule has 1 rings (SSSR count). The van der Waals surface area contributed by atoms with Gasteiger partial charge >= 0.3 is 0 Å². The normalized spacial score (nSPS) is 14.8. The molecular weight excluding hydrogens is 271 g/mol. The molecule has 0 amide bonds. The second-order valence-electron chi connectivity index (χ2n) is 3.99. The number of benzene rings is 1. The van der Waals surface area contributed by atoms with Gasteiger partial charge < -0.3 is 11.1 Å². The Balaban J connectivity index is 2.98. The highest BCUT2D eigenvalue weighted by Gasteiger charge is 2.20. The molecule has 3 N–H and O–H groups in total. The predicted octanol–water partition coefficient (Wildman–Crippen LogP) is 2.83. The smallest absolute Gasteiger partial charge is 0.128 e. The van der Waals surface area contributed by atoms with Crippen LogP contribution in [0, 0.1) is 11.7 Å². The van der Waals surface area contributed by atoms with E-state index in [0.717, 1.165) is 10.9 Å². The lowest BCUT2D eigenvalue weighted by atomic mass is 9.92. The molecule has 0 saturated carbocycles. The van der Waals surface area contributed by atoms with Crippen molar-refractivity contribution in [1.82, 2.24) is 5.32 Å². The van der Waals surface area contributed by atoms with Gasteiger partial charge in [0.1, 0.15) is 5.82 Å². The Bertz CT molecular complexity index is 344. The van der Waals surface area contributed by atoms with Gasteiger partial charge in [0.05, 0.1) is 0 Å². The zero-order valence-corrected chi connectivity index (χ0v) is 11.2. The average molecular weight is 289 g/mol. The van der Waals surface area contributed by atoms with Crippen molar-refractivity contribution in [2.75, 3.05) is 13.6 Å². The van der Waals surface area contributed by atoms with Crippen LogP contribution in [0.25, 0.3) is 0 Å². The first kappa shape index (κ1) is 13.6. The van der Waals surface area contributed by atoms with Crippen LogP contribution >= 0.6 is 15.9 Å². The number of nitrogens with one attached hydrogen (secondary N) is 1. The zero-order chi connectivity index (χ0) is 12.1. The summed E-state index contributed by atoms with van der Waals surface area (Å²) in [5, 5.41) is 3.15. The highest BCUT2D eigenvalue weighted by molar-refractivity contribution is 9.10. The van der Waals surface area contributed by atoms with Gasteiger partial charge in [0.15, 0.2) is 0 Å². The number of rotatable bonds is 5. The molecule has 1 aromatic rings. The maximum Gasteiger partial charge on any atom is 0.128 e. The molecule has 90 valence electrons. The molecule has 0 saturated heterocycles. The number of nitrogens with two attached hydrogens (primary N) is 1. The molecule has 0 aliphatic carbocycles. The van der Waals surface area contributed by atoms with Crippen molar-refractivity contribution in [2.45, 2.75) is 19.4 Å². The highest BCUT2D eigenvalue weighted by atomic mass is 79.9. The van der Waals surface area contributed by atoms with Crippen LogP contribution in [0.2, 0.25) is 0 Å². The Morgan fingerprint density at radius 1 is 1.50 bits per heavy atom. The van der Waals surface area contributed by atoms with E-state index in [1.807, 2.05) is 13.1 Å². The van der Waals surface area contributed by atoms with Crippen molar-refractivity contribution < 1.29 is 4.39 Å². The van der Waals surface area contributed by atoms with Gasteiger partial charge in [-0.3, -0.25) is 0 Å². The van der Waals surface area contributed by atoms with Crippen LogP contribution < -0.4 is 11.1 Å². The van der Waals surface area contributed by atoms with Gasteiger partial charge in [0.2, 0.25) is 0 Å². The van der Waals surface area contributed by atoms with Gasteiger partial charge in [-0.25, -0.2) is 4.39 Å². The van der Waals surface area contributed by atoms with Crippen molar-refractivity contribution in [3.8, 4) is 0 Å². The Labute approximate surface area is 105 Å². The van der Waals surface area contributed by atoms with Crippen LogP contribution in [0.1, 0.15) is 24.9 Å². The van der Waals surface area contributed by atoms with E-state index in [-0.39, 0.29) is 11.9 Å². The van der Waals surface area contributed by atoms with Crippen LogP contribution in [0.15, 0.2) is 22.7 Å². The molecule has 0 bridgehead atoms. The van der Waals surface area contributed by atoms with Crippen LogP contribution in [0.5, 0.6) is 0 Å². The maximum atomic E-state index is 13.7. The fraction of sp³-hybridized carbons (Fsp3) is 0.500. The molecule has 0 radical (unpaired) electrons. The lowest BCUT2D eigenvalue weighted by Gasteiger charge is -2.24. The third-order valence-electron chi connectivity index (χ3n) is 2.80. The molecule has 2 nitrogen and oxygen atoms in total. The Morgan fingerprint density at radius 3 is 2.75 bits per heavy atom. The largest absolute Gasteiger partial charge is 0.330 e. The summed E-state index contributed by atoms with van der Waals surface area (Å²) in [6.07, 6.45) is 0.872. The van der Waals surface area contributed by atoms with Gasteiger partial charge in [-0.15, -0.1) is 0 Å². The van der Waals surface area contributed by atoms with Crippen LogP contribution in [-0.2, 0) is 0 Å². The first-order valence-electron chi connectivity index (χ1n) is 5.42. The lowest BCUT2D eigenvalue weighted by molar-refractivity contribution is 0.379. The Kier molecular flexibility index (Phi) is 5.38. The van der Waals surface area contributed by atoms with Crippen molar-refractivity contribution in [1.29, 1.82) is 0 Å². The second-order valence-corrected chi connectivity index (χ2v) is 4.90. The average Bonchev–Trinajstić information content (AvgIpc) is 2.24. The second kappa shape index (κ2) is 6.33. The van der Waals surface area contributed by atoms with E-state index >= 15 is 0 Å². The monoisotopic (exact) mass is 288 g/mol. The van der Waals surface area contributed by atoms with E-state index in [1.165, 1.54) is 6.07 Å². The molecule has 0 aliphatic heterocycles.